The van der Waals surface area contributed by atoms with Crippen molar-refractivity contribution < 1.29 is 25.2 Å². The fraction of sp³-hybridized carbons (Fsp3) is 0.500. The average molecular weight is 214 g/mol. The van der Waals surface area contributed by atoms with Crippen LogP contribution in [0, 0.1) is 0 Å². The summed E-state index contributed by atoms with van der Waals surface area (Å²) in [6.07, 6.45) is -0.498. The lowest BCUT2D eigenvalue weighted by molar-refractivity contribution is 0.0533. The minimum absolute atomic E-state index is 0.939. The highest BCUT2D eigenvalue weighted by atomic mass is 32.3. The third-order valence-corrected chi connectivity index (χ3v) is 4.24. The van der Waals surface area contributed by atoms with Crippen LogP contribution in [-0.4, -0.2) is 28.2 Å². The molecule has 0 N–H and O–H groups in total. The Morgan fingerprint density at radius 2 is 1.58 bits per heavy atom. The summed E-state index contributed by atoms with van der Waals surface area (Å²) in [6.45, 7) is 3.14. The van der Waals surface area contributed by atoms with Crippen LogP contribution in [0.5, 0.6) is 0 Å². The molecule has 1 fully saturated rings. The maximum atomic E-state index is 10.7. The summed E-state index contributed by atoms with van der Waals surface area (Å²) in [5.41, 5.74) is 0. The van der Waals surface area contributed by atoms with E-state index in [1.54, 1.807) is 0 Å². The zero-order chi connectivity index (χ0) is 9.41. The van der Waals surface area contributed by atoms with E-state index in [4.69, 9.17) is 0 Å². The molecule has 0 aromatic heterocycles. The van der Waals surface area contributed by atoms with Crippen LogP contribution in [0.2, 0.25) is 0 Å². The predicted octanol–water partition coefficient (Wildman–Crippen LogP) is -0.838. The van der Waals surface area contributed by atoms with Gasteiger partial charge in [0.1, 0.15) is 0 Å². The lowest BCUT2D eigenvalue weighted by Crippen LogP contribution is -2.34. The molecule has 1 aliphatic heterocycles. The lowest BCUT2D eigenvalue weighted by Gasteiger charge is -2.18. The molecule has 0 bridgehead atoms. The summed E-state index contributed by atoms with van der Waals surface area (Å²) < 4.78 is 51.2. The molecule has 1 rings (SSSR count). The molecule has 0 spiro atoms. The molecule has 8 heteroatoms. The first-order chi connectivity index (χ1) is 5.35. The van der Waals surface area contributed by atoms with Crippen molar-refractivity contribution in [1.82, 2.24) is 0 Å². The van der Waals surface area contributed by atoms with E-state index in [2.05, 4.69) is 14.9 Å². The van der Waals surface area contributed by atoms with Crippen molar-refractivity contribution in [2.45, 2.75) is 6.29 Å². The molecule has 0 aliphatic carbocycles. The summed E-state index contributed by atoms with van der Waals surface area (Å²) in [5.74, 6) is 0. The number of hydrogen-bond acceptors (Lipinski definition) is 6. The molecule has 1 saturated heterocycles. The van der Waals surface area contributed by atoms with Crippen molar-refractivity contribution in [2.75, 3.05) is 5.08 Å². The van der Waals surface area contributed by atoms with Crippen LogP contribution >= 0.6 is 0 Å². The standard InChI is InChI=1S/C4H6O6S2/c1-2-4-9-11(5,6)3-12(7,8)10-4/h2,4H,1,3H2. The molecule has 0 saturated carbocycles. The highest BCUT2D eigenvalue weighted by molar-refractivity contribution is 8.04. The largest absolute Gasteiger partial charge is 0.287 e. The Labute approximate surface area is 70.0 Å². The molecule has 70 valence electrons. The minimum Gasteiger partial charge on any atom is -0.232 e. The maximum absolute atomic E-state index is 10.7. The smallest absolute Gasteiger partial charge is 0.232 e. The zero-order valence-corrected chi connectivity index (χ0v) is 7.47. The molecule has 0 aromatic rings. The Morgan fingerprint density at radius 1 is 1.17 bits per heavy atom. The molecule has 0 aromatic carbocycles. The molecule has 0 unspecified atom stereocenters. The third kappa shape index (κ3) is 2.27. The van der Waals surface area contributed by atoms with Crippen molar-refractivity contribution in [3.63, 3.8) is 0 Å². The summed E-state index contributed by atoms with van der Waals surface area (Å²) in [7, 11) is -8.07. The van der Waals surface area contributed by atoms with Gasteiger partial charge >= 0.3 is 0 Å². The second-order valence-corrected chi connectivity index (χ2v) is 5.59. The highest BCUT2D eigenvalue weighted by Crippen LogP contribution is 2.16. The summed E-state index contributed by atoms with van der Waals surface area (Å²) in [4.78, 5) is 0. The van der Waals surface area contributed by atoms with Gasteiger partial charge in [-0.3, -0.25) is 0 Å². The van der Waals surface area contributed by atoms with Crippen LogP contribution in [0.1, 0.15) is 0 Å². The Balaban J connectivity index is 3.03. The van der Waals surface area contributed by atoms with E-state index in [-0.39, 0.29) is 0 Å². The van der Waals surface area contributed by atoms with E-state index in [0.717, 1.165) is 6.08 Å². The van der Waals surface area contributed by atoms with Crippen LogP contribution in [-0.2, 0) is 28.6 Å². The second-order valence-electron chi connectivity index (χ2n) is 2.03. The van der Waals surface area contributed by atoms with E-state index in [1.165, 1.54) is 0 Å². The topological polar surface area (TPSA) is 86.7 Å². The fourth-order valence-corrected chi connectivity index (χ4v) is 3.34. The number of rotatable bonds is 1. The van der Waals surface area contributed by atoms with Crippen molar-refractivity contribution in [3.05, 3.63) is 12.7 Å². The van der Waals surface area contributed by atoms with E-state index >= 15 is 0 Å². The maximum Gasteiger partial charge on any atom is 0.287 e. The third-order valence-electron chi connectivity index (χ3n) is 0.964. The van der Waals surface area contributed by atoms with Gasteiger partial charge in [-0.25, -0.2) is 8.37 Å². The molecule has 6 nitrogen and oxygen atoms in total. The molecule has 12 heavy (non-hydrogen) atoms. The minimum atomic E-state index is -4.04. The molecular formula is C4H6O6S2. The molecule has 1 aliphatic rings. The van der Waals surface area contributed by atoms with Crippen LogP contribution in [0.25, 0.3) is 0 Å². The number of hydrogen-bond donors (Lipinski definition) is 0. The van der Waals surface area contributed by atoms with Gasteiger partial charge in [-0.1, -0.05) is 6.58 Å². The van der Waals surface area contributed by atoms with E-state index in [9.17, 15) is 16.8 Å². The molecule has 1 heterocycles. The van der Waals surface area contributed by atoms with Gasteiger partial charge in [0, 0.05) is 0 Å². The van der Waals surface area contributed by atoms with Gasteiger partial charge in [0.15, 0.2) is 0 Å². The first-order valence-electron chi connectivity index (χ1n) is 2.79. The van der Waals surface area contributed by atoms with Gasteiger partial charge < -0.3 is 0 Å². The first kappa shape index (κ1) is 9.65. The van der Waals surface area contributed by atoms with E-state index < -0.39 is 31.6 Å². The molecule has 0 radical (unpaired) electrons. The van der Waals surface area contributed by atoms with Gasteiger partial charge in [0.05, 0.1) is 0 Å². The van der Waals surface area contributed by atoms with Crippen LogP contribution in [0.3, 0.4) is 0 Å². The van der Waals surface area contributed by atoms with Crippen molar-refractivity contribution in [1.29, 1.82) is 0 Å². The van der Waals surface area contributed by atoms with E-state index in [1.807, 2.05) is 0 Å². The van der Waals surface area contributed by atoms with Gasteiger partial charge in [-0.2, -0.15) is 16.8 Å². The van der Waals surface area contributed by atoms with Crippen LogP contribution in [0.4, 0.5) is 0 Å². The molecule has 0 amide bonds. The Kier molecular flexibility index (Phi) is 2.25. The van der Waals surface area contributed by atoms with Crippen LogP contribution < -0.4 is 0 Å². The average Bonchev–Trinajstić information content (AvgIpc) is 1.80. The first-order valence-corrected chi connectivity index (χ1v) is 5.95. The normalized spacial score (nSPS) is 28.0. The lowest BCUT2D eigenvalue weighted by atomic mass is 10.6. The summed E-state index contributed by atoms with van der Waals surface area (Å²) >= 11 is 0. The molecular weight excluding hydrogens is 208 g/mol. The predicted molar refractivity (Wildman–Crippen MR) is 38.9 cm³/mol. The second kappa shape index (κ2) is 2.80. The van der Waals surface area contributed by atoms with Crippen molar-refractivity contribution in [2.24, 2.45) is 0 Å². The Hall–Kier alpha value is -0.440. The van der Waals surface area contributed by atoms with Gasteiger partial charge in [-0.05, 0) is 6.08 Å². The van der Waals surface area contributed by atoms with Crippen LogP contribution in [0.15, 0.2) is 12.7 Å². The summed E-state index contributed by atoms with van der Waals surface area (Å²) in [6, 6.07) is 0. The fourth-order valence-electron chi connectivity index (χ4n) is 0.616. The molecule has 0 atom stereocenters. The van der Waals surface area contributed by atoms with Gasteiger partial charge in [0.2, 0.25) is 11.4 Å². The summed E-state index contributed by atoms with van der Waals surface area (Å²) in [5, 5.41) is -1.15. The quantitative estimate of drug-likeness (QED) is 0.418. The SMILES string of the molecule is C=CC1OS(=O)(=O)CS(=O)(=O)O1. The monoisotopic (exact) mass is 214 g/mol. The zero-order valence-electron chi connectivity index (χ0n) is 5.83. The van der Waals surface area contributed by atoms with Crippen molar-refractivity contribution >= 4 is 20.2 Å². The van der Waals surface area contributed by atoms with Crippen molar-refractivity contribution in [3.8, 4) is 0 Å². The van der Waals surface area contributed by atoms with Gasteiger partial charge in [0.25, 0.3) is 20.2 Å². The van der Waals surface area contributed by atoms with E-state index in [0.29, 0.717) is 0 Å². The van der Waals surface area contributed by atoms with Gasteiger partial charge in [-0.15, -0.1) is 0 Å². The highest BCUT2D eigenvalue weighted by Gasteiger charge is 2.35. The Morgan fingerprint density at radius 3 is 1.92 bits per heavy atom. The Bertz CT molecular complexity index is 342.